The molecule has 0 rings (SSSR count). The molecule has 0 saturated heterocycles. The second kappa shape index (κ2) is 29.8. The number of nitrogens with two attached hydrogens (primary N) is 5. The minimum atomic E-state index is -1.55. The zero-order valence-corrected chi connectivity index (χ0v) is 31.4. The molecule has 0 bridgehead atoms. The number of aliphatic hydroxyl groups excluding tert-OH is 1. The van der Waals surface area contributed by atoms with Crippen molar-refractivity contribution in [2.24, 2.45) is 28.7 Å². The molecular weight excluding hydrogens is 714 g/mol. The molecule has 0 heterocycles. The highest BCUT2D eigenvalue weighted by atomic mass is 32.1. The van der Waals surface area contributed by atoms with Crippen molar-refractivity contribution in [3.63, 3.8) is 0 Å². The minimum Gasteiger partial charge on any atom is -0.480 e. The Bertz CT molecular complexity index is 1140. The van der Waals surface area contributed by atoms with Crippen LogP contribution in [0.3, 0.4) is 0 Å². The number of aliphatic carboxylic acids is 1. The highest BCUT2D eigenvalue weighted by molar-refractivity contribution is 7.80. The number of carbonyl (C=O) groups excluding carboxylic acids is 6. The SMILES string of the molecule is NCCCC[C@H](NC(=O)CN)C(=O)N[C@@H](CCCCN)C(=O)N[C@@H](CCCCN)C(=O)N[C@@H](CCCCN)C(=O)N[C@@H](CO)C(=O)N[C@@H](CS)C(=O)O. The molecule has 0 fully saturated rings. The fourth-order valence-corrected chi connectivity index (χ4v) is 5.29. The monoisotopic (exact) mass is 777 g/mol. The van der Waals surface area contributed by atoms with E-state index < -0.39 is 84.3 Å². The summed E-state index contributed by atoms with van der Waals surface area (Å²) in [5.74, 6) is -6.05. The molecule has 21 heteroatoms. The number of hydrogen-bond acceptors (Lipinski definition) is 14. The Kier molecular flexibility index (Phi) is 27.8. The van der Waals surface area contributed by atoms with Gasteiger partial charge in [-0.15, -0.1) is 0 Å². The number of carbonyl (C=O) groups is 7. The summed E-state index contributed by atoms with van der Waals surface area (Å²) in [5.41, 5.74) is 28.0. The standard InChI is InChI=1S/C32H63N11O9S/c33-13-5-1-9-20(38-26(45)17-37)27(46)39-21(10-2-6-14-34)28(47)40-22(11-3-7-15-35)29(48)41-23(12-4-8-16-36)30(49)42-24(18-44)31(50)43-25(19-53)32(51)52/h20-25,44,53H,1-19,33-37H2,(H,38,45)(H,39,46)(H,40,47)(H,41,48)(H,42,49)(H,43,50)(H,51,52)/t20-,21-,22-,23-,24-,25-/m0/s1. The first kappa shape index (κ1) is 49.4. The van der Waals surface area contributed by atoms with E-state index in [-0.39, 0.29) is 38.0 Å². The van der Waals surface area contributed by atoms with E-state index in [1.807, 2.05) is 0 Å². The van der Waals surface area contributed by atoms with E-state index in [1.54, 1.807) is 0 Å². The second-order valence-electron chi connectivity index (χ2n) is 12.5. The topological polar surface area (TPSA) is 362 Å². The van der Waals surface area contributed by atoms with Gasteiger partial charge >= 0.3 is 5.97 Å². The number of carboxylic acid groups (broad SMARTS) is 1. The number of carboxylic acids is 1. The molecule has 20 nitrogen and oxygen atoms in total. The second-order valence-corrected chi connectivity index (χ2v) is 12.8. The van der Waals surface area contributed by atoms with E-state index in [1.165, 1.54) is 0 Å². The van der Waals surface area contributed by atoms with Gasteiger partial charge in [-0.1, -0.05) is 0 Å². The molecule has 306 valence electrons. The van der Waals surface area contributed by atoms with E-state index in [0.29, 0.717) is 77.5 Å². The third-order valence-electron chi connectivity index (χ3n) is 8.14. The Morgan fingerprint density at radius 2 is 0.736 bits per heavy atom. The third kappa shape index (κ3) is 21.0. The van der Waals surface area contributed by atoms with Crippen LogP contribution in [-0.4, -0.2) is 133 Å². The van der Waals surface area contributed by atoms with Crippen LogP contribution < -0.4 is 60.6 Å². The molecule has 0 unspecified atom stereocenters. The fourth-order valence-electron chi connectivity index (χ4n) is 5.04. The van der Waals surface area contributed by atoms with Crippen molar-refractivity contribution in [3.8, 4) is 0 Å². The summed E-state index contributed by atoms with van der Waals surface area (Å²) in [4.78, 5) is 90.3. The zero-order valence-electron chi connectivity index (χ0n) is 30.5. The summed E-state index contributed by atoms with van der Waals surface area (Å²) in [7, 11) is 0. The van der Waals surface area contributed by atoms with Crippen molar-refractivity contribution >= 4 is 54.0 Å². The van der Waals surface area contributed by atoms with Crippen molar-refractivity contribution < 1.29 is 43.8 Å². The number of unbranched alkanes of at least 4 members (excludes halogenated alkanes) is 4. The highest BCUT2D eigenvalue weighted by Gasteiger charge is 2.33. The van der Waals surface area contributed by atoms with E-state index in [2.05, 4.69) is 44.5 Å². The van der Waals surface area contributed by atoms with E-state index in [9.17, 15) is 43.8 Å². The van der Waals surface area contributed by atoms with Gasteiger partial charge in [-0.3, -0.25) is 28.8 Å². The number of hydrogen-bond donors (Lipinski definition) is 14. The Balaban J connectivity index is 6.21. The number of nitrogens with one attached hydrogen (secondary N) is 6. The molecule has 6 atom stereocenters. The van der Waals surface area contributed by atoms with Crippen LogP contribution in [0.2, 0.25) is 0 Å². The average molecular weight is 778 g/mol. The van der Waals surface area contributed by atoms with Gasteiger partial charge in [-0.05, 0) is 103 Å². The minimum absolute atomic E-state index is 0.0736. The van der Waals surface area contributed by atoms with E-state index >= 15 is 0 Å². The molecule has 0 aliphatic heterocycles. The Hall–Kier alpha value is -3.60. The molecule has 18 N–H and O–H groups in total. The highest BCUT2D eigenvalue weighted by Crippen LogP contribution is 2.09. The lowest BCUT2D eigenvalue weighted by molar-refractivity contribution is -0.142. The molecular formula is C32H63N11O9S. The van der Waals surface area contributed by atoms with Crippen molar-refractivity contribution in [2.45, 2.75) is 113 Å². The van der Waals surface area contributed by atoms with Crippen LogP contribution >= 0.6 is 12.6 Å². The molecule has 0 aromatic carbocycles. The summed E-state index contributed by atoms with van der Waals surface area (Å²) in [5, 5.41) is 34.1. The first-order valence-corrected chi connectivity index (χ1v) is 18.7. The van der Waals surface area contributed by atoms with Crippen LogP contribution in [0, 0.1) is 0 Å². The van der Waals surface area contributed by atoms with Crippen LogP contribution in [0.1, 0.15) is 77.0 Å². The van der Waals surface area contributed by atoms with Gasteiger partial charge in [0.15, 0.2) is 0 Å². The average Bonchev–Trinajstić information content (AvgIpc) is 3.13. The maximum absolute atomic E-state index is 13.7. The number of thiol groups is 1. The number of amides is 6. The Labute approximate surface area is 316 Å². The van der Waals surface area contributed by atoms with Gasteiger partial charge in [0.25, 0.3) is 0 Å². The molecule has 53 heavy (non-hydrogen) atoms. The molecule has 0 aliphatic carbocycles. The summed E-state index contributed by atoms with van der Waals surface area (Å²) in [6.45, 7) is 0.101. The van der Waals surface area contributed by atoms with Gasteiger partial charge in [-0.25, -0.2) is 4.79 Å². The summed E-state index contributed by atoms with van der Waals surface area (Å²) < 4.78 is 0. The van der Waals surface area contributed by atoms with Crippen LogP contribution in [0.5, 0.6) is 0 Å². The first-order valence-electron chi connectivity index (χ1n) is 18.1. The van der Waals surface area contributed by atoms with Gasteiger partial charge in [-0.2, -0.15) is 12.6 Å². The zero-order chi connectivity index (χ0) is 40.2. The van der Waals surface area contributed by atoms with Gasteiger partial charge in [0.05, 0.1) is 13.2 Å². The lowest BCUT2D eigenvalue weighted by Crippen LogP contribution is -2.60. The van der Waals surface area contributed by atoms with Crippen molar-refractivity contribution in [1.82, 2.24) is 31.9 Å². The lowest BCUT2D eigenvalue weighted by atomic mass is 10.0. The Morgan fingerprint density at radius 3 is 1.00 bits per heavy atom. The predicted octanol–water partition coefficient (Wildman–Crippen LogP) is -4.62. The third-order valence-corrected chi connectivity index (χ3v) is 8.50. The molecule has 0 aromatic rings. The van der Waals surface area contributed by atoms with Crippen LogP contribution in [0.4, 0.5) is 0 Å². The maximum atomic E-state index is 13.7. The van der Waals surface area contributed by atoms with Crippen molar-refractivity contribution in [1.29, 1.82) is 0 Å². The van der Waals surface area contributed by atoms with Crippen molar-refractivity contribution in [3.05, 3.63) is 0 Å². The number of rotatable bonds is 31. The van der Waals surface area contributed by atoms with Gasteiger partial charge in [0.1, 0.15) is 36.3 Å². The Morgan fingerprint density at radius 1 is 0.453 bits per heavy atom. The normalized spacial score (nSPS) is 14.4. The lowest BCUT2D eigenvalue weighted by Gasteiger charge is -2.27. The van der Waals surface area contributed by atoms with Gasteiger partial charge in [0, 0.05) is 5.75 Å². The molecule has 0 aliphatic rings. The summed E-state index contributed by atoms with van der Waals surface area (Å²) in [6, 6.07) is -7.48. The van der Waals surface area contributed by atoms with Gasteiger partial charge in [0.2, 0.25) is 35.4 Å². The predicted molar refractivity (Wildman–Crippen MR) is 201 cm³/mol. The maximum Gasteiger partial charge on any atom is 0.327 e. The van der Waals surface area contributed by atoms with E-state index in [0.717, 1.165) is 0 Å². The van der Waals surface area contributed by atoms with Crippen LogP contribution in [0.25, 0.3) is 0 Å². The quantitative estimate of drug-likeness (QED) is 0.0233. The molecule has 0 saturated carbocycles. The number of aliphatic hydroxyl groups is 1. The van der Waals surface area contributed by atoms with Crippen LogP contribution in [-0.2, 0) is 33.6 Å². The molecule has 6 amide bonds. The van der Waals surface area contributed by atoms with Crippen LogP contribution in [0.15, 0.2) is 0 Å². The summed E-state index contributed by atoms with van der Waals surface area (Å²) in [6.07, 6.45) is 4.53. The molecule has 0 radical (unpaired) electrons. The molecule has 0 spiro atoms. The molecule has 0 aromatic heterocycles. The summed E-state index contributed by atoms with van der Waals surface area (Å²) >= 11 is 3.89. The van der Waals surface area contributed by atoms with E-state index in [4.69, 9.17) is 28.7 Å². The fraction of sp³-hybridized carbons (Fsp3) is 0.781. The van der Waals surface area contributed by atoms with Crippen molar-refractivity contribution in [2.75, 3.05) is 45.1 Å². The largest absolute Gasteiger partial charge is 0.480 e. The van der Waals surface area contributed by atoms with Gasteiger partial charge < -0.3 is 70.8 Å². The smallest absolute Gasteiger partial charge is 0.327 e. The first-order chi connectivity index (χ1) is 25.3.